The van der Waals surface area contributed by atoms with Gasteiger partial charge in [-0.3, -0.25) is 4.79 Å². The van der Waals surface area contributed by atoms with Crippen molar-refractivity contribution < 1.29 is 4.79 Å². The Kier molecular flexibility index (Phi) is 6.56. The lowest BCUT2D eigenvalue weighted by molar-refractivity contribution is 0.0772. The van der Waals surface area contributed by atoms with Crippen molar-refractivity contribution in [2.75, 3.05) is 18.6 Å². The fourth-order valence-corrected chi connectivity index (χ4v) is 4.38. The maximum absolute atomic E-state index is 13.2. The third-order valence-corrected chi connectivity index (χ3v) is 5.91. The van der Waals surface area contributed by atoms with E-state index in [1.54, 1.807) is 11.0 Å². The number of fused-ring (bicyclic) bond motifs is 1. The summed E-state index contributed by atoms with van der Waals surface area (Å²) in [6.07, 6.45) is 5.05. The van der Waals surface area contributed by atoms with E-state index < -0.39 is 0 Å². The molecule has 1 aromatic heterocycles. The van der Waals surface area contributed by atoms with Crippen molar-refractivity contribution in [2.45, 2.75) is 58.9 Å². The number of anilines is 2. The minimum absolute atomic E-state index is 0.0125. The molecule has 1 atom stereocenters. The van der Waals surface area contributed by atoms with Gasteiger partial charge in [-0.15, -0.1) is 0 Å². The molecule has 1 unspecified atom stereocenters. The van der Waals surface area contributed by atoms with Gasteiger partial charge in [0.05, 0.1) is 17.4 Å². The third kappa shape index (κ3) is 3.74. The monoisotopic (exact) mass is 422 g/mol. The quantitative estimate of drug-likeness (QED) is 0.542. The number of rotatable bonds is 7. The van der Waals surface area contributed by atoms with E-state index in [1.807, 2.05) is 24.1 Å². The van der Waals surface area contributed by atoms with Gasteiger partial charge in [-0.1, -0.05) is 56.8 Å². The molecule has 0 saturated heterocycles. The molecule has 1 aromatic carbocycles. The predicted octanol–water partition coefficient (Wildman–Crippen LogP) is 6.07. The highest BCUT2D eigenvalue weighted by Crippen LogP contribution is 2.40. The topological polar surface area (TPSA) is 41.4 Å². The summed E-state index contributed by atoms with van der Waals surface area (Å²) in [6, 6.07) is 5.69. The lowest BCUT2D eigenvalue weighted by atomic mass is 10.1. The van der Waals surface area contributed by atoms with Crippen molar-refractivity contribution in [3.63, 3.8) is 0 Å². The van der Waals surface area contributed by atoms with Gasteiger partial charge >= 0.3 is 0 Å². The van der Waals surface area contributed by atoms with Crippen molar-refractivity contribution in [3.8, 4) is 0 Å². The standard InChI is InChI=1S/C21H28Cl2N4O/c1-5-8-9-15(6-2)27-18(7-3)24-20-19(27)21(28)25(4)13-26(20)17-11-10-14(22)12-16(17)23/h10-12,15H,5-9,13H2,1-4H3. The Morgan fingerprint density at radius 1 is 1.21 bits per heavy atom. The molecule has 1 aliphatic heterocycles. The van der Waals surface area contributed by atoms with Crippen LogP contribution < -0.4 is 4.90 Å². The Labute approximate surface area is 177 Å². The molecule has 0 aliphatic carbocycles. The molecule has 0 fully saturated rings. The van der Waals surface area contributed by atoms with Crippen LogP contribution >= 0.6 is 23.2 Å². The number of unbranched alkanes of at least 4 members (excludes halogenated alkanes) is 1. The number of nitrogens with zero attached hydrogens (tertiary/aromatic N) is 4. The molecule has 152 valence electrons. The molecule has 7 heteroatoms. The first-order valence-corrected chi connectivity index (χ1v) is 10.8. The summed E-state index contributed by atoms with van der Waals surface area (Å²) in [6.45, 7) is 6.86. The van der Waals surface area contributed by atoms with Gasteiger partial charge in [0.25, 0.3) is 5.91 Å². The maximum atomic E-state index is 13.2. The SMILES string of the molecule is CCCCC(CC)n1c(CC)nc2c1C(=O)N(C)CN2c1ccc(Cl)cc1Cl. The third-order valence-electron chi connectivity index (χ3n) is 5.37. The van der Waals surface area contributed by atoms with Crippen LogP contribution in [0.4, 0.5) is 11.5 Å². The summed E-state index contributed by atoms with van der Waals surface area (Å²) in [7, 11) is 1.82. The number of imidazole rings is 1. The lowest BCUT2D eigenvalue weighted by Crippen LogP contribution is -2.43. The minimum Gasteiger partial charge on any atom is -0.322 e. The molecule has 0 radical (unpaired) electrons. The fourth-order valence-electron chi connectivity index (χ4n) is 3.87. The summed E-state index contributed by atoms with van der Waals surface area (Å²) >= 11 is 12.6. The van der Waals surface area contributed by atoms with Gasteiger partial charge in [0.15, 0.2) is 11.5 Å². The number of aryl methyl sites for hydroxylation is 1. The molecule has 1 aliphatic rings. The Bertz CT molecular complexity index is 864. The first kappa shape index (κ1) is 21.0. The van der Waals surface area contributed by atoms with Crippen LogP contribution in [0.3, 0.4) is 0 Å². The van der Waals surface area contributed by atoms with Crippen molar-refractivity contribution in [2.24, 2.45) is 0 Å². The molecular formula is C21H28Cl2N4O. The van der Waals surface area contributed by atoms with E-state index in [9.17, 15) is 4.79 Å². The van der Waals surface area contributed by atoms with Crippen molar-refractivity contribution in [1.82, 2.24) is 14.5 Å². The molecule has 28 heavy (non-hydrogen) atoms. The van der Waals surface area contributed by atoms with Crippen LogP contribution in [0.15, 0.2) is 18.2 Å². The second-order valence-electron chi connectivity index (χ2n) is 7.30. The maximum Gasteiger partial charge on any atom is 0.275 e. The molecule has 3 rings (SSSR count). The Morgan fingerprint density at radius 3 is 2.57 bits per heavy atom. The Hall–Kier alpha value is -1.72. The van der Waals surface area contributed by atoms with Crippen LogP contribution in [0.5, 0.6) is 0 Å². The molecule has 0 bridgehead atoms. The second-order valence-corrected chi connectivity index (χ2v) is 8.14. The number of halogens is 2. The van der Waals surface area contributed by atoms with Gasteiger partial charge in [-0.2, -0.15) is 0 Å². The zero-order chi connectivity index (χ0) is 20.4. The summed E-state index contributed by atoms with van der Waals surface area (Å²) in [5, 5.41) is 1.13. The molecule has 2 aromatic rings. The fraction of sp³-hybridized carbons (Fsp3) is 0.524. The van der Waals surface area contributed by atoms with Gasteiger partial charge in [0.1, 0.15) is 5.82 Å². The number of hydrogen-bond donors (Lipinski definition) is 0. The van der Waals surface area contributed by atoms with Crippen LogP contribution in [-0.2, 0) is 6.42 Å². The molecule has 5 nitrogen and oxygen atoms in total. The highest BCUT2D eigenvalue weighted by molar-refractivity contribution is 6.36. The van der Waals surface area contributed by atoms with Crippen LogP contribution in [0, 0.1) is 0 Å². The molecule has 0 saturated carbocycles. The number of carbonyl (C=O) groups is 1. The van der Waals surface area contributed by atoms with Gasteiger partial charge in [-0.25, -0.2) is 4.98 Å². The van der Waals surface area contributed by atoms with E-state index in [2.05, 4.69) is 25.3 Å². The minimum atomic E-state index is 0.0125. The van der Waals surface area contributed by atoms with Gasteiger partial charge in [-0.05, 0) is 31.0 Å². The highest BCUT2D eigenvalue weighted by atomic mass is 35.5. The summed E-state index contributed by atoms with van der Waals surface area (Å²) in [5.74, 6) is 1.66. The summed E-state index contributed by atoms with van der Waals surface area (Å²) in [4.78, 5) is 21.8. The number of carbonyl (C=O) groups excluding carboxylic acids is 1. The number of hydrogen-bond acceptors (Lipinski definition) is 3. The van der Waals surface area contributed by atoms with Crippen molar-refractivity contribution in [1.29, 1.82) is 0 Å². The van der Waals surface area contributed by atoms with E-state index in [0.717, 1.165) is 43.6 Å². The first-order chi connectivity index (χ1) is 13.4. The zero-order valence-electron chi connectivity index (χ0n) is 17.0. The number of benzene rings is 1. The van der Waals surface area contributed by atoms with E-state index >= 15 is 0 Å². The van der Waals surface area contributed by atoms with Crippen LogP contribution in [0.1, 0.15) is 68.8 Å². The normalized spacial score (nSPS) is 15.1. The Balaban J connectivity index is 2.17. The van der Waals surface area contributed by atoms with Crippen LogP contribution in [-0.4, -0.2) is 34.1 Å². The summed E-state index contributed by atoms with van der Waals surface area (Å²) < 4.78 is 2.18. The Morgan fingerprint density at radius 2 is 1.96 bits per heavy atom. The van der Waals surface area contributed by atoms with Crippen LogP contribution in [0.2, 0.25) is 10.0 Å². The van der Waals surface area contributed by atoms with E-state index in [4.69, 9.17) is 28.2 Å². The van der Waals surface area contributed by atoms with E-state index in [1.165, 1.54) is 0 Å². The average Bonchev–Trinajstić information content (AvgIpc) is 3.06. The van der Waals surface area contributed by atoms with Crippen molar-refractivity contribution >= 4 is 40.6 Å². The first-order valence-electron chi connectivity index (χ1n) is 10.0. The van der Waals surface area contributed by atoms with Crippen LogP contribution in [0.25, 0.3) is 0 Å². The molecule has 0 spiro atoms. The molecule has 1 amide bonds. The van der Waals surface area contributed by atoms with E-state index in [0.29, 0.717) is 28.2 Å². The molecule has 2 heterocycles. The summed E-state index contributed by atoms with van der Waals surface area (Å²) in [5.41, 5.74) is 1.47. The largest absolute Gasteiger partial charge is 0.322 e. The van der Waals surface area contributed by atoms with Gasteiger partial charge in [0.2, 0.25) is 0 Å². The van der Waals surface area contributed by atoms with E-state index in [-0.39, 0.29) is 11.9 Å². The highest BCUT2D eigenvalue weighted by Gasteiger charge is 2.36. The smallest absolute Gasteiger partial charge is 0.275 e. The van der Waals surface area contributed by atoms with Gasteiger partial charge in [0, 0.05) is 24.5 Å². The number of aromatic nitrogens is 2. The number of amides is 1. The zero-order valence-corrected chi connectivity index (χ0v) is 18.5. The predicted molar refractivity (Wildman–Crippen MR) is 116 cm³/mol. The second kappa shape index (κ2) is 8.75. The molecule has 0 N–H and O–H groups in total. The van der Waals surface area contributed by atoms with Gasteiger partial charge < -0.3 is 14.4 Å². The lowest BCUT2D eigenvalue weighted by Gasteiger charge is -2.35. The average molecular weight is 423 g/mol. The molecular weight excluding hydrogens is 395 g/mol. The van der Waals surface area contributed by atoms with Crippen molar-refractivity contribution in [3.05, 3.63) is 39.8 Å².